The summed E-state index contributed by atoms with van der Waals surface area (Å²) in [4.78, 5) is 0. The number of benzene rings is 1. The molecule has 4 heteroatoms. The van der Waals surface area contributed by atoms with Crippen LogP contribution in [0.3, 0.4) is 0 Å². The van der Waals surface area contributed by atoms with Gasteiger partial charge >= 0.3 is 0 Å². The van der Waals surface area contributed by atoms with Gasteiger partial charge in [0.05, 0.1) is 25.9 Å². The fraction of sp³-hybridized carbons (Fsp3) is 0.500. The van der Waals surface area contributed by atoms with E-state index in [0.29, 0.717) is 13.2 Å². The number of rotatable bonds is 7. The van der Waals surface area contributed by atoms with E-state index >= 15 is 0 Å². The van der Waals surface area contributed by atoms with Crippen LogP contribution < -0.4 is 10.1 Å². The van der Waals surface area contributed by atoms with Gasteiger partial charge in [0, 0.05) is 6.54 Å². The molecular formula is C12H19NO3. The molecule has 0 unspecified atom stereocenters. The summed E-state index contributed by atoms with van der Waals surface area (Å²) >= 11 is 0. The number of ether oxygens (including phenoxy) is 1. The molecule has 4 nitrogen and oxygen atoms in total. The number of hydrogen-bond donors (Lipinski definition) is 3. The zero-order valence-corrected chi connectivity index (χ0v) is 9.52. The molecule has 1 rings (SSSR count). The molecule has 0 heterocycles. The Kier molecular flexibility index (Phi) is 5.85. The average molecular weight is 225 g/mol. The molecular weight excluding hydrogens is 206 g/mol. The van der Waals surface area contributed by atoms with Crippen LogP contribution in [0.25, 0.3) is 0 Å². The van der Waals surface area contributed by atoms with Crippen LogP contribution in [0.1, 0.15) is 12.5 Å². The van der Waals surface area contributed by atoms with E-state index in [1.807, 2.05) is 31.2 Å². The van der Waals surface area contributed by atoms with Gasteiger partial charge in [-0.05, 0) is 24.6 Å². The van der Waals surface area contributed by atoms with Gasteiger partial charge in [0.25, 0.3) is 0 Å². The quantitative estimate of drug-likeness (QED) is 0.633. The highest BCUT2D eigenvalue weighted by atomic mass is 16.5. The molecule has 0 saturated carbocycles. The summed E-state index contributed by atoms with van der Waals surface area (Å²) in [5.74, 6) is 0.854. The lowest BCUT2D eigenvalue weighted by atomic mass is 10.2. The highest BCUT2D eigenvalue weighted by Gasteiger charge is 2.04. The van der Waals surface area contributed by atoms with Crippen molar-refractivity contribution in [2.45, 2.75) is 19.5 Å². The van der Waals surface area contributed by atoms with E-state index in [1.54, 1.807) is 0 Å². The summed E-state index contributed by atoms with van der Waals surface area (Å²) in [5, 5.41) is 20.8. The second-order valence-electron chi connectivity index (χ2n) is 3.52. The van der Waals surface area contributed by atoms with Crippen molar-refractivity contribution in [2.75, 3.05) is 19.8 Å². The summed E-state index contributed by atoms with van der Waals surface area (Å²) in [6, 6.07) is 7.49. The van der Waals surface area contributed by atoms with E-state index in [0.717, 1.165) is 11.3 Å². The standard InChI is InChI=1S/C12H19NO3/c1-2-16-12-5-3-10(4-6-12)7-13-11(8-14)9-15/h3-6,11,13-15H,2,7-9H2,1H3. The number of aliphatic hydroxyl groups excluding tert-OH is 2. The molecule has 0 saturated heterocycles. The Morgan fingerprint density at radius 2 is 1.81 bits per heavy atom. The van der Waals surface area contributed by atoms with Gasteiger partial charge in [-0.1, -0.05) is 12.1 Å². The minimum Gasteiger partial charge on any atom is -0.494 e. The van der Waals surface area contributed by atoms with E-state index in [2.05, 4.69) is 5.32 Å². The second-order valence-corrected chi connectivity index (χ2v) is 3.52. The van der Waals surface area contributed by atoms with E-state index in [9.17, 15) is 0 Å². The fourth-order valence-corrected chi connectivity index (χ4v) is 1.32. The Bertz CT molecular complexity index is 283. The first-order chi connectivity index (χ1) is 7.80. The van der Waals surface area contributed by atoms with Crippen LogP contribution in [0, 0.1) is 0 Å². The Hall–Kier alpha value is -1.10. The smallest absolute Gasteiger partial charge is 0.119 e. The first-order valence-electron chi connectivity index (χ1n) is 5.47. The van der Waals surface area contributed by atoms with Crippen LogP contribution in [0.5, 0.6) is 5.75 Å². The van der Waals surface area contributed by atoms with E-state index in [4.69, 9.17) is 14.9 Å². The molecule has 0 fully saturated rings. The Morgan fingerprint density at radius 3 is 2.31 bits per heavy atom. The molecule has 0 bridgehead atoms. The van der Waals surface area contributed by atoms with Crippen molar-refractivity contribution in [1.82, 2.24) is 5.32 Å². The van der Waals surface area contributed by atoms with Crippen molar-refractivity contribution < 1.29 is 14.9 Å². The molecule has 0 aromatic heterocycles. The molecule has 1 aromatic carbocycles. The third kappa shape index (κ3) is 4.18. The molecule has 0 aliphatic heterocycles. The lowest BCUT2D eigenvalue weighted by molar-refractivity contribution is 0.170. The van der Waals surface area contributed by atoms with Crippen LogP contribution in [0.2, 0.25) is 0 Å². The molecule has 0 atom stereocenters. The largest absolute Gasteiger partial charge is 0.494 e. The van der Waals surface area contributed by atoms with Gasteiger partial charge in [-0.3, -0.25) is 0 Å². The molecule has 0 aliphatic rings. The molecule has 0 radical (unpaired) electrons. The van der Waals surface area contributed by atoms with Crippen molar-refractivity contribution >= 4 is 0 Å². The lowest BCUT2D eigenvalue weighted by Gasteiger charge is -2.13. The van der Waals surface area contributed by atoms with Gasteiger partial charge in [-0.2, -0.15) is 0 Å². The third-order valence-electron chi connectivity index (χ3n) is 2.27. The fourth-order valence-electron chi connectivity index (χ4n) is 1.32. The predicted octanol–water partition coefficient (Wildman–Crippen LogP) is 0.528. The van der Waals surface area contributed by atoms with Crippen molar-refractivity contribution in [2.24, 2.45) is 0 Å². The molecule has 90 valence electrons. The summed E-state index contributed by atoms with van der Waals surface area (Å²) in [6.45, 7) is 3.11. The van der Waals surface area contributed by atoms with Crippen molar-refractivity contribution in [3.05, 3.63) is 29.8 Å². The van der Waals surface area contributed by atoms with Crippen LogP contribution in [-0.4, -0.2) is 36.1 Å². The van der Waals surface area contributed by atoms with Crippen LogP contribution in [0.15, 0.2) is 24.3 Å². The molecule has 16 heavy (non-hydrogen) atoms. The number of nitrogens with one attached hydrogen (secondary N) is 1. The summed E-state index contributed by atoms with van der Waals surface area (Å²) in [7, 11) is 0. The minimum atomic E-state index is -0.258. The molecule has 3 N–H and O–H groups in total. The Morgan fingerprint density at radius 1 is 1.19 bits per heavy atom. The molecule has 0 aliphatic carbocycles. The van der Waals surface area contributed by atoms with Crippen molar-refractivity contribution in [1.29, 1.82) is 0 Å². The maximum Gasteiger partial charge on any atom is 0.119 e. The molecule has 0 spiro atoms. The zero-order valence-electron chi connectivity index (χ0n) is 9.52. The van der Waals surface area contributed by atoms with Crippen LogP contribution >= 0.6 is 0 Å². The average Bonchev–Trinajstić information content (AvgIpc) is 2.33. The van der Waals surface area contributed by atoms with Crippen molar-refractivity contribution in [3.8, 4) is 5.75 Å². The normalized spacial score (nSPS) is 10.8. The van der Waals surface area contributed by atoms with Gasteiger partial charge in [0.15, 0.2) is 0 Å². The van der Waals surface area contributed by atoms with E-state index in [1.165, 1.54) is 0 Å². The second kappa shape index (κ2) is 7.22. The van der Waals surface area contributed by atoms with E-state index < -0.39 is 0 Å². The third-order valence-corrected chi connectivity index (χ3v) is 2.27. The molecule has 0 amide bonds. The SMILES string of the molecule is CCOc1ccc(CNC(CO)CO)cc1. The summed E-state index contributed by atoms with van der Waals surface area (Å²) in [6.07, 6.45) is 0. The van der Waals surface area contributed by atoms with Gasteiger partial charge in [-0.15, -0.1) is 0 Å². The Balaban J connectivity index is 2.42. The highest BCUT2D eigenvalue weighted by molar-refractivity contribution is 5.27. The maximum absolute atomic E-state index is 8.88. The van der Waals surface area contributed by atoms with Gasteiger partial charge < -0.3 is 20.3 Å². The predicted molar refractivity (Wildman–Crippen MR) is 62.4 cm³/mol. The molecule has 1 aromatic rings. The first kappa shape index (κ1) is 13.0. The monoisotopic (exact) mass is 225 g/mol. The number of aliphatic hydroxyl groups is 2. The van der Waals surface area contributed by atoms with Crippen LogP contribution in [0.4, 0.5) is 0 Å². The summed E-state index contributed by atoms with van der Waals surface area (Å²) < 4.78 is 5.33. The van der Waals surface area contributed by atoms with Gasteiger partial charge in [-0.25, -0.2) is 0 Å². The van der Waals surface area contributed by atoms with Gasteiger partial charge in [0.2, 0.25) is 0 Å². The van der Waals surface area contributed by atoms with Crippen LogP contribution in [-0.2, 0) is 6.54 Å². The number of hydrogen-bond acceptors (Lipinski definition) is 4. The first-order valence-corrected chi connectivity index (χ1v) is 5.47. The minimum absolute atomic E-state index is 0.0620. The maximum atomic E-state index is 8.88. The van der Waals surface area contributed by atoms with E-state index in [-0.39, 0.29) is 19.3 Å². The summed E-state index contributed by atoms with van der Waals surface area (Å²) in [5.41, 5.74) is 1.09. The lowest BCUT2D eigenvalue weighted by Crippen LogP contribution is -2.35. The van der Waals surface area contributed by atoms with Crippen molar-refractivity contribution in [3.63, 3.8) is 0 Å². The Labute approximate surface area is 95.9 Å². The van der Waals surface area contributed by atoms with Gasteiger partial charge in [0.1, 0.15) is 5.75 Å². The zero-order chi connectivity index (χ0) is 11.8. The highest BCUT2D eigenvalue weighted by Crippen LogP contribution is 2.11. The topological polar surface area (TPSA) is 61.7 Å².